The zero-order chi connectivity index (χ0) is 22.9. The standard InChI is InChI=1S/C20H17F3N6O3/c21-20(22,23)14-4-6-16(27-7-1-2-8-27)15(10-14)26-19(30)13-3-5-17(18(9-13)29(31)32)28-12-24-11-25-28/h3-6,9-12H,1-2,7-8H2,(H,26,30). The number of aromatic nitrogens is 3. The molecule has 32 heavy (non-hydrogen) atoms. The Labute approximate surface area is 179 Å². The van der Waals surface area contributed by atoms with E-state index in [1.165, 1.54) is 35.5 Å². The first-order chi connectivity index (χ1) is 15.2. The molecule has 0 bridgehead atoms. The second kappa shape index (κ2) is 8.29. The number of carbonyl (C=O) groups is 1. The van der Waals surface area contributed by atoms with Gasteiger partial charge in [0.1, 0.15) is 18.3 Å². The maximum Gasteiger partial charge on any atom is 0.416 e. The van der Waals surface area contributed by atoms with E-state index in [1.807, 2.05) is 4.90 Å². The molecule has 1 fully saturated rings. The van der Waals surface area contributed by atoms with Crippen LogP contribution in [0.25, 0.3) is 5.69 Å². The first-order valence-corrected chi connectivity index (χ1v) is 9.65. The maximum absolute atomic E-state index is 13.2. The summed E-state index contributed by atoms with van der Waals surface area (Å²) in [5.41, 5.74) is -0.811. The van der Waals surface area contributed by atoms with Crippen molar-refractivity contribution in [3.63, 3.8) is 0 Å². The van der Waals surface area contributed by atoms with Crippen LogP contribution < -0.4 is 10.2 Å². The molecule has 0 saturated carbocycles. The van der Waals surface area contributed by atoms with Crippen molar-refractivity contribution in [3.05, 3.63) is 70.3 Å². The number of nitrogens with zero attached hydrogens (tertiary/aromatic N) is 5. The lowest BCUT2D eigenvalue weighted by Gasteiger charge is -2.23. The van der Waals surface area contributed by atoms with Gasteiger partial charge < -0.3 is 10.2 Å². The fraction of sp³-hybridized carbons (Fsp3) is 0.250. The van der Waals surface area contributed by atoms with E-state index in [4.69, 9.17) is 0 Å². The van der Waals surface area contributed by atoms with Crippen molar-refractivity contribution in [2.75, 3.05) is 23.3 Å². The Morgan fingerprint density at radius 3 is 2.44 bits per heavy atom. The van der Waals surface area contributed by atoms with E-state index in [0.717, 1.165) is 31.0 Å². The molecule has 1 amide bonds. The lowest BCUT2D eigenvalue weighted by atomic mass is 10.1. The summed E-state index contributed by atoms with van der Waals surface area (Å²) in [5.74, 6) is -0.766. The number of rotatable bonds is 5. The Hall–Kier alpha value is -3.96. The third-order valence-corrected chi connectivity index (χ3v) is 5.12. The van der Waals surface area contributed by atoms with Gasteiger partial charge in [0.15, 0.2) is 0 Å². The third-order valence-electron chi connectivity index (χ3n) is 5.12. The van der Waals surface area contributed by atoms with Crippen molar-refractivity contribution >= 4 is 23.0 Å². The van der Waals surface area contributed by atoms with E-state index in [2.05, 4.69) is 15.4 Å². The van der Waals surface area contributed by atoms with Crippen LogP contribution in [0.15, 0.2) is 49.1 Å². The van der Waals surface area contributed by atoms with E-state index in [0.29, 0.717) is 18.8 Å². The summed E-state index contributed by atoms with van der Waals surface area (Å²) in [5, 5.41) is 17.9. The summed E-state index contributed by atoms with van der Waals surface area (Å²) >= 11 is 0. The van der Waals surface area contributed by atoms with Crippen LogP contribution in [0, 0.1) is 10.1 Å². The highest BCUT2D eigenvalue weighted by molar-refractivity contribution is 6.06. The lowest BCUT2D eigenvalue weighted by molar-refractivity contribution is -0.384. The average molecular weight is 446 g/mol. The van der Waals surface area contributed by atoms with E-state index in [1.54, 1.807) is 0 Å². The molecule has 2 heterocycles. The van der Waals surface area contributed by atoms with Crippen molar-refractivity contribution in [2.45, 2.75) is 19.0 Å². The Kier molecular flexibility index (Phi) is 5.51. The molecule has 166 valence electrons. The second-order valence-corrected chi connectivity index (χ2v) is 7.18. The molecule has 1 aromatic heterocycles. The van der Waals surface area contributed by atoms with Crippen molar-refractivity contribution in [1.29, 1.82) is 0 Å². The first-order valence-electron chi connectivity index (χ1n) is 9.65. The van der Waals surface area contributed by atoms with Gasteiger partial charge in [-0.1, -0.05) is 0 Å². The summed E-state index contributed by atoms with van der Waals surface area (Å²) in [6, 6.07) is 6.90. The highest BCUT2D eigenvalue weighted by atomic mass is 19.4. The van der Waals surface area contributed by atoms with Crippen LogP contribution in [0.1, 0.15) is 28.8 Å². The third kappa shape index (κ3) is 4.24. The Morgan fingerprint density at radius 1 is 1.09 bits per heavy atom. The average Bonchev–Trinajstić information content (AvgIpc) is 3.47. The molecule has 0 aliphatic carbocycles. The number of benzene rings is 2. The zero-order valence-electron chi connectivity index (χ0n) is 16.5. The Bertz CT molecular complexity index is 1160. The van der Waals surface area contributed by atoms with Gasteiger partial charge in [-0.25, -0.2) is 9.67 Å². The number of carbonyl (C=O) groups excluding carboxylic acids is 1. The highest BCUT2D eigenvalue weighted by Gasteiger charge is 2.32. The number of nitro benzene ring substituents is 1. The van der Waals surface area contributed by atoms with E-state index >= 15 is 0 Å². The van der Waals surface area contributed by atoms with Gasteiger partial charge in [-0.3, -0.25) is 14.9 Å². The molecule has 0 radical (unpaired) electrons. The van der Waals surface area contributed by atoms with Gasteiger partial charge in [0, 0.05) is 24.7 Å². The molecule has 0 unspecified atom stereocenters. The summed E-state index contributed by atoms with van der Waals surface area (Å²) in [4.78, 5) is 29.3. The number of alkyl halides is 3. The predicted octanol–water partition coefficient (Wildman–Crippen LogP) is 4.05. The van der Waals surface area contributed by atoms with Gasteiger partial charge in [0.2, 0.25) is 0 Å². The van der Waals surface area contributed by atoms with Crippen molar-refractivity contribution < 1.29 is 22.9 Å². The molecular formula is C20H17F3N6O3. The molecule has 3 aromatic rings. The number of anilines is 2. The quantitative estimate of drug-likeness (QED) is 0.468. The van der Waals surface area contributed by atoms with Crippen LogP contribution in [0.4, 0.5) is 30.2 Å². The second-order valence-electron chi connectivity index (χ2n) is 7.18. The molecule has 12 heteroatoms. The van der Waals surface area contributed by atoms with Crippen molar-refractivity contribution in [2.24, 2.45) is 0 Å². The Balaban J connectivity index is 1.69. The minimum absolute atomic E-state index is 0.00488. The molecule has 1 N–H and O–H groups in total. The number of nitro groups is 1. The number of halogens is 3. The fourth-order valence-electron chi connectivity index (χ4n) is 3.58. The van der Waals surface area contributed by atoms with E-state index in [9.17, 15) is 28.1 Å². The fourth-order valence-corrected chi connectivity index (χ4v) is 3.58. The molecule has 2 aromatic carbocycles. The number of amides is 1. The monoisotopic (exact) mass is 446 g/mol. The van der Waals surface area contributed by atoms with Gasteiger partial charge in [0.05, 0.1) is 21.9 Å². The largest absolute Gasteiger partial charge is 0.416 e. The minimum atomic E-state index is -4.58. The molecule has 4 rings (SSSR count). The van der Waals surface area contributed by atoms with E-state index < -0.39 is 28.3 Å². The van der Waals surface area contributed by atoms with Crippen LogP contribution in [0.5, 0.6) is 0 Å². The van der Waals surface area contributed by atoms with E-state index in [-0.39, 0.29) is 16.9 Å². The summed E-state index contributed by atoms with van der Waals surface area (Å²) in [7, 11) is 0. The van der Waals surface area contributed by atoms with Gasteiger partial charge in [0.25, 0.3) is 11.6 Å². The van der Waals surface area contributed by atoms with Crippen molar-refractivity contribution in [1.82, 2.24) is 14.8 Å². The van der Waals surface area contributed by atoms with Gasteiger partial charge >= 0.3 is 6.18 Å². The van der Waals surface area contributed by atoms with Crippen LogP contribution in [0.3, 0.4) is 0 Å². The van der Waals surface area contributed by atoms with Crippen molar-refractivity contribution in [3.8, 4) is 5.69 Å². The molecule has 0 atom stereocenters. The topological polar surface area (TPSA) is 106 Å². The Morgan fingerprint density at radius 2 is 1.81 bits per heavy atom. The van der Waals surface area contributed by atoms with Crippen LogP contribution in [-0.4, -0.2) is 38.7 Å². The highest BCUT2D eigenvalue weighted by Crippen LogP contribution is 2.37. The number of hydrogen-bond acceptors (Lipinski definition) is 6. The molecule has 9 nitrogen and oxygen atoms in total. The lowest BCUT2D eigenvalue weighted by Crippen LogP contribution is -2.22. The summed E-state index contributed by atoms with van der Waals surface area (Å²) in [6.45, 7) is 1.32. The predicted molar refractivity (Wildman–Crippen MR) is 109 cm³/mol. The smallest absolute Gasteiger partial charge is 0.370 e. The zero-order valence-corrected chi connectivity index (χ0v) is 16.5. The molecular weight excluding hydrogens is 429 g/mol. The van der Waals surface area contributed by atoms with Crippen LogP contribution in [0.2, 0.25) is 0 Å². The van der Waals surface area contributed by atoms with Crippen LogP contribution in [-0.2, 0) is 6.18 Å². The summed E-state index contributed by atoms with van der Waals surface area (Å²) in [6.07, 6.45) is -0.319. The van der Waals surface area contributed by atoms with Gasteiger partial charge in [-0.15, -0.1) is 0 Å². The maximum atomic E-state index is 13.2. The molecule has 1 saturated heterocycles. The van der Waals surface area contributed by atoms with Crippen LogP contribution >= 0.6 is 0 Å². The number of nitrogens with one attached hydrogen (secondary N) is 1. The minimum Gasteiger partial charge on any atom is -0.370 e. The first kappa shape index (κ1) is 21.3. The molecule has 1 aliphatic rings. The SMILES string of the molecule is O=C(Nc1cc(C(F)(F)F)ccc1N1CCCC1)c1ccc(-n2cncn2)c([N+](=O)[O-])c1. The van der Waals surface area contributed by atoms with Gasteiger partial charge in [-0.2, -0.15) is 18.3 Å². The van der Waals surface area contributed by atoms with Gasteiger partial charge in [-0.05, 0) is 43.2 Å². The molecule has 0 spiro atoms. The number of hydrogen-bond donors (Lipinski definition) is 1. The normalized spacial score (nSPS) is 13.9. The molecule has 1 aliphatic heterocycles. The summed E-state index contributed by atoms with van der Waals surface area (Å²) < 4.78 is 40.9.